The van der Waals surface area contributed by atoms with Crippen LogP contribution in [0.4, 0.5) is 0 Å². The Morgan fingerprint density at radius 2 is 1.77 bits per heavy atom. The van der Waals surface area contributed by atoms with Gasteiger partial charge in [-0.2, -0.15) is 5.21 Å². The lowest BCUT2D eigenvalue weighted by atomic mass is 9.98. The van der Waals surface area contributed by atoms with Crippen LogP contribution in [0.5, 0.6) is 5.75 Å². The fraction of sp³-hybridized carbons (Fsp3) is 0.281. The maximum absolute atomic E-state index is 13.0. The molecule has 11 heteroatoms. The van der Waals surface area contributed by atoms with Gasteiger partial charge in [0.15, 0.2) is 5.15 Å². The van der Waals surface area contributed by atoms with Crippen molar-refractivity contribution in [2.24, 2.45) is 0 Å². The Bertz CT molecular complexity index is 1640. The fourth-order valence-electron chi connectivity index (χ4n) is 4.94. The summed E-state index contributed by atoms with van der Waals surface area (Å²) in [5.41, 5.74) is 5.54. The highest BCUT2D eigenvalue weighted by atomic mass is 35.5. The van der Waals surface area contributed by atoms with Crippen LogP contribution in [0.1, 0.15) is 42.4 Å². The number of likely N-dealkylation sites (N-methyl/N-ethyl adjacent to an activating group) is 1. The summed E-state index contributed by atoms with van der Waals surface area (Å²) in [6.45, 7) is 2.66. The number of ether oxygens (including phenoxy) is 1. The largest absolute Gasteiger partial charge is 0.508 e. The molecule has 1 unspecified atom stereocenters. The molecular weight excluding hydrogens is 566 g/mol. The first kappa shape index (κ1) is 29.9. The zero-order chi connectivity index (χ0) is 30.2. The number of unbranched alkanes of at least 4 members (excludes halogenated alkanes) is 1. The third-order valence-corrected chi connectivity index (χ3v) is 7.64. The third kappa shape index (κ3) is 7.28. The van der Waals surface area contributed by atoms with E-state index in [1.54, 1.807) is 31.3 Å². The Balaban J connectivity index is 1.34. The summed E-state index contributed by atoms with van der Waals surface area (Å²) in [4.78, 5) is 17.7. The van der Waals surface area contributed by atoms with Gasteiger partial charge in [0.1, 0.15) is 24.2 Å². The number of tetrazole rings is 1. The summed E-state index contributed by atoms with van der Waals surface area (Å²) in [6, 6.07) is 22.4. The van der Waals surface area contributed by atoms with Gasteiger partial charge in [0.2, 0.25) is 5.82 Å². The van der Waals surface area contributed by atoms with Crippen LogP contribution in [0.25, 0.3) is 22.5 Å². The summed E-state index contributed by atoms with van der Waals surface area (Å²) in [5.74, 6) is 1.19. The van der Waals surface area contributed by atoms with E-state index in [-0.39, 0.29) is 18.3 Å². The predicted molar refractivity (Wildman–Crippen MR) is 164 cm³/mol. The van der Waals surface area contributed by atoms with Crippen molar-refractivity contribution in [3.8, 4) is 28.3 Å². The number of rotatable bonds is 13. The highest BCUT2D eigenvalue weighted by molar-refractivity contribution is 6.30. The predicted octanol–water partition coefficient (Wildman–Crippen LogP) is 5.35. The van der Waals surface area contributed by atoms with E-state index in [2.05, 4.69) is 66.7 Å². The number of aromatic hydroxyl groups is 1. The van der Waals surface area contributed by atoms with Gasteiger partial charge in [-0.05, 0) is 59.5 Å². The van der Waals surface area contributed by atoms with E-state index < -0.39 is 6.04 Å². The van der Waals surface area contributed by atoms with E-state index in [4.69, 9.17) is 16.3 Å². The van der Waals surface area contributed by atoms with Crippen molar-refractivity contribution in [3.05, 3.63) is 101 Å². The summed E-state index contributed by atoms with van der Waals surface area (Å²) < 4.78 is 7.82. The van der Waals surface area contributed by atoms with E-state index in [9.17, 15) is 9.90 Å². The Kier molecular flexibility index (Phi) is 9.81. The lowest BCUT2D eigenvalue weighted by Gasteiger charge is -2.17. The van der Waals surface area contributed by atoms with Crippen molar-refractivity contribution < 1.29 is 14.6 Å². The molecule has 10 nitrogen and oxygen atoms in total. The summed E-state index contributed by atoms with van der Waals surface area (Å²) >= 11 is 6.63. The summed E-state index contributed by atoms with van der Waals surface area (Å²) in [5, 5.41) is 27.4. The Labute approximate surface area is 255 Å². The minimum absolute atomic E-state index is 0.000703. The first-order chi connectivity index (χ1) is 21.0. The van der Waals surface area contributed by atoms with Crippen LogP contribution in [0, 0.1) is 0 Å². The van der Waals surface area contributed by atoms with E-state index in [1.165, 1.54) is 0 Å². The lowest BCUT2D eigenvalue weighted by Crippen LogP contribution is -2.37. The van der Waals surface area contributed by atoms with Gasteiger partial charge in [0.05, 0.1) is 5.69 Å². The molecule has 3 N–H and O–H groups in total. The number of hydrogen-bond acceptors (Lipinski definition) is 8. The average Bonchev–Trinajstić information content (AvgIpc) is 3.67. The molecule has 0 amide bonds. The molecule has 222 valence electrons. The first-order valence-electron chi connectivity index (χ1n) is 14.2. The number of imidazole rings is 1. The Morgan fingerprint density at radius 3 is 2.44 bits per heavy atom. The number of nitrogens with zero attached hydrogens (tertiary/aromatic N) is 5. The molecule has 2 heterocycles. The molecule has 2 aromatic heterocycles. The average molecular weight is 600 g/mol. The number of esters is 1. The second-order valence-corrected chi connectivity index (χ2v) is 10.6. The molecule has 0 aliphatic carbocycles. The number of hydrogen-bond donors (Lipinski definition) is 3. The van der Waals surface area contributed by atoms with Crippen LogP contribution < -0.4 is 5.32 Å². The minimum atomic E-state index is -0.554. The number of carbonyl (C=O) groups excluding carboxylic acids is 1. The molecule has 43 heavy (non-hydrogen) atoms. The maximum atomic E-state index is 13.0. The number of H-pyrrole nitrogens is 1. The van der Waals surface area contributed by atoms with Gasteiger partial charge >= 0.3 is 5.97 Å². The highest BCUT2D eigenvalue weighted by Gasteiger charge is 2.22. The second kappa shape index (κ2) is 14.1. The van der Waals surface area contributed by atoms with Crippen molar-refractivity contribution in [3.63, 3.8) is 0 Å². The quantitative estimate of drug-likeness (QED) is 0.154. The number of nitrogens with one attached hydrogen (secondary N) is 2. The number of aromatic amines is 1. The SMILES string of the molecule is CCCCc1nc(Cl)c(COC(=O)C(Cc2ccc(O)cc2)NC)n1Cc1ccc(-c2ccccc2-c2nn[nH]n2)cc1. The van der Waals surface area contributed by atoms with Crippen LogP contribution >= 0.6 is 11.6 Å². The van der Waals surface area contributed by atoms with E-state index >= 15 is 0 Å². The normalized spacial score (nSPS) is 11.9. The number of aromatic nitrogens is 6. The standard InChI is InChI=1S/C32H34ClN7O3/c1-3-4-9-29-35-30(33)28(20-43-32(42)27(34-2)18-21-12-16-24(41)17-13-21)40(29)19-22-10-14-23(15-11-22)25-7-5-6-8-26(25)31-36-38-39-37-31/h5-8,10-17,27,34,41H,3-4,9,18-20H2,1-2H3,(H,36,37,38,39). The fourth-order valence-corrected chi connectivity index (χ4v) is 5.20. The summed E-state index contributed by atoms with van der Waals surface area (Å²) in [7, 11) is 1.72. The lowest BCUT2D eigenvalue weighted by molar-refractivity contribution is -0.147. The molecule has 0 spiro atoms. The zero-order valence-electron chi connectivity index (χ0n) is 24.1. The van der Waals surface area contributed by atoms with Crippen molar-refractivity contribution in [1.29, 1.82) is 0 Å². The molecule has 0 saturated carbocycles. The van der Waals surface area contributed by atoms with Crippen LogP contribution in [0.2, 0.25) is 5.15 Å². The van der Waals surface area contributed by atoms with Crippen molar-refractivity contribution >= 4 is 17.6 Å². The molecule has 5 rings (SSSR count). The Morgan fingerprint density at radius 1 is 1.05 bits per heavy atom. The molecular formula is C32H34ClN7O3. The number of phenolic OH excluding ortho intramolecular Hbond substituents is 1. The number of carbonyl (C=O) groups is 1. The second-order valence-electron chi connectivity index (χ2n) is 10.3. The van der Waals surface area contributed by atoms with Crippen LogP contribution in [0.3, 0.4) is 0 Å². The summed E-state index contributed by atoms with van der Waals surface area (Å²) in [6.07, 6.45) is 3.17. The maximum Gasteiger partial charge on any atom is 0.323 e. The van der Waals surface area contributed by atoms with Gasteiger partial charge in [-0.25, -0.2) is 4.98 Å². The van der Waals surface area contributed by atoms with Gasteiger partial charge in [0.25, 0.3) is 0 Å². The van der Waals surface area contributed by atoms with E-state index in [0.29, 0.717) is 29.6 Å². The van der Waals surface area contributed by atoms with Crippen LogP contribution in [0.15, 0.2) is 72.8 Å². The van der Waals surface area contributed by atoms with Crippen LogP contribution in [-0.4, -0.2) is 54.3 Å². The number of aryl methyl sites for hydroxylation is 1. The molecule has 5 aromatic rings. The van der Waals surface area contributed by atoms with Crippen molar-refractivity contribution in [2.45, 2.75) is 51.8 Å². The van der Waals surface area contributed by atoms with Crippen LogP contribution in [-0.2, 0) is 35.5 Å². The van der Waals surface area contributed by atoms with E-state index in [0.717, 1.165) is 52.9 Å². The monoisotopic (exact) mass is 599 g/mol. The number of phenols is 1. The first-order valence-corrected chi connectivity index (χ1v) is 14.6. The molecule has 0 saturated heterocycles. The van der Waals surface area contributed by atoms with Gasteiger partial charge in [-0.3, -0.25) is 4.79 Å². The molecule has 0 bridgehead atoms. The number of halogens is 1. The molecule has 3 aromatic carbocycles. The van der Waals surface area contributed by atoms with Gasteiger partial charge in [0, 0.05) is 18.5 Å². The third-order valence-electron chi connectivity index (χ3n) is 7.34. The molecule has 0 aliphatic rings. The highest BCUT2D eigenvalue weighted by Crippen LogP contribution is 2.30. The molecule has 0 aliphatic heterocycles. The minimum Gasteiger partial charge on any atom is -0.508 e. The molecule has 0 radical (unpaired) electrons. The van der Waals surface area contributed by atoms with Crippen molar-refractivity contribution in [2.75, 3.05) is 7.05 Å². The van der Waals surface area contributed by atoms with Gasteiger partial charge in [-0.1, -0.05) is 85.6 Å². The van der Waals surface area contributed by atoms with E-state index in [1.807, 2.05) is 24.3 Å². The molecule has 1 atom stereocenters. The topological polar surface area (TPSA) is 131 Å². The molecule has 0 fully saturated rings. The zero-order valence-corrected chi connectivity index (χ0v) is 24.9. The van der Waals surface area contributed by atoms with Crippen molar-refractivity contribution in [1.82, 2.24) is 35.5 Å². The number of benzene rings is 3. The smallest absolute Gasteiger partial charge is 0.323 e. The van der Waals surface area contributed by atoms with Gasteiger partial charge in [-0.15, -0.1) is 10.2 Å². The Hall–Kier alpha value is -4.54. The van der Waals surface area contributed by atoms with Gasteiger partial charge < -0.3 is 19.7 Å².